The lowest BCUT2D eigenvalue weighted by atomic mass is 10.2. The van der Waals surface area contributed by atoms with Gasteiger partial charge < -0.3 is 4.74 Å². The van der Waals surface area contributed by atoms with Gasteiger partial charge in [0.15, 0.2) is 0 Å². The molecule has 0 saturated heterocycles. The average Bonchev–Trinajstić information content (AvgIpc) is 2.19. The molecular weight excluding hydrogens is 184 g/mol. The fourth-order valence-corrected chi connectivity index (χ4v) is 1.43. The highest BCUT2D eigenvalue weighted by Crippen LogP contribution is 2.14. The van der Waals surface area contributed by atoms with Crippen LogP contribution in [0.3, 0.4) is 0 Å². The van der Waals surface area contributed by atoms with Crippen molar-refractivity contribution in [3.63, 3.8) is 0 Å². The molecule has 0 bridgehead atoms. The number of carbonyl (C=O) groups is 1. The van der Waals surface area contributed by atoms with E-state index in [-0.39, 0.29) is 0 Å². The van der Waals surface area contributed by atoms with Crippen LogP contribution in [0.25, 0.3) is 0 Å². The molecule has 0 amide bonds. The third kappa shape index (κ3) is 3.51. The summed E-state index contributed by atoms with van der Waals surface area (Å²) in [5.41, 5.74) is 1.19. The highest BCUT2D eigenvalue weighted by atomic mass is 32.2. The molecule has 0 atom stereocenters. The largest absolute Gasteiger partial charge is 0.468 e. The van der Waals surface area contributed by atoms with E-state index in [9.17, 15) is 4.79 Å². The molecule has 0 heterocycles. The Labute approximate surface area is 82.3 Å². The zero-order valence-corrected chi connectivity index (χ0v) is 8.34. The Morgan fingerprint density at radius 1 is 1.38 bits per heavy atom. The van der Waals surface area contributed by atoms with Gasteiger partial charge in [0.05, 0.1) is 6.61 Å². The zero-order chi connectivity index (χ0) is 9.52. The van der Waals surface area contributed by atoms with Gasteiger partial charge in [0.2, 0.25) is 0 Å². The molecule has 70 valence electrons. The summed E-state index contributed by atoms with van der Waals surface area (Å²) in [7, 11) is 0. The molecule has 0 aliphatic carbocycles. The van der Waals surface area contributed by atoms with Gasteiger partial charge in [0.25, 0.3) is 6.47 Å². The van der Waals surface area contributed by atoms with Crippen LogP contribution < -0.4 is 0 Å². The van der Waals surface area contributed by atoms with Gasteiger partial charge in [-0.1, -0.05) is 12.1 Å². The summed E-state index contributed by atoms with van der Waals surface area (Å²) in [6, 6.07) is 8.25. The van der Waals surface area contributed by atoms with E-state index in [4.69, 9.17) is 0 Å². The first-order valence-corrected chi connectivity index (χ1v) is 5.27. The number of ether oxygens (including phenoxy) is 1. The van der Waals surface area contributed by atoms with Crippen LogP contribution in [0.1, 0.15) is 5.56 Å². The van der Waals surface area contributed by atoms with E-state index in [0.29, 0.717) is 13.1 Å². The predicted octanol–water partition coefficient (Wildman–Crippen LogP) is 2.12. The number of carbonyl (C=O) groups excluding carboxylic acids is 1. The molecule has 3 heteroatoms. The fraction of sp³-hybridized carbons (Fsp3) is 0.300. The first-order chi connectivity index (χ1) is 6.36. The van der Waals surface area contributed by atoms with Gasteiger partial charge in [0, 0.05) is 11.3 Å². The van der Waals surface area contributed by atoms with E-state index in [0.717, 1.165) is 6.42 Å². The summed E-state index contributed by atoms with van der Waals surface area (Å²) in [5, 5.41) is 0. The van der Waals surface area contributed by atoms with E-state index in [2.05, 4.69) is 29.0 Å². The molecule has 0 aliphatic rings. The van der Waals surface area contributed by atoms with Gasteiger partial charge in [0.1, 0.15) is 0 Å². The van der Waals surface area contributed by atoms with Gasteiger partial charge in [-0.15, -0.1) is 11.8 Å². The first-order valence-electron chi connectivity index (χ1n) is 4.05. The lowest BCUT2D eigenvalue weighted by molar-refractivity contribution is -0.128. The lowest BCUT2D eigenvalue weighted by Crippen LogP contribution is -1.95. The van der Waals surface area contributed by atoms with Gasteiger partial charge >= 0.3 is 0 Å². The summed E-state index contributed by atoms with van der Waals surface area (Å²) in [6.07, 6.45) is 2.83. The maximum Gasteiger partial charge on any atom is 0.293 e. The molecule has 13 heavy (non-hydrogen) atoms. The number of hydrogen-bond acceptors (Lipinski definition) is 3. The van der Waals surface area contributed by atoms with E-state index in [1.54, 1.807) is 11.8 Å². The molecule has 1 aromatic carbocycles. The second-order valence-corrected chi connectivity index (χ2v) is 3.44. The highest BCUT2D eigenvalue weighted by molar-refractivity contribution is 7.98. The molecule has 2 nitrogen and oxygen atoms in total. The quantitative estimate of drug-likeness (QED) is 0.410. The Hall–Kier alpha value is -0.960. The minimum Gasteiger partial charge on any atom is -0.468 e. The molecule has 0 fully saturated rings. The smallest absolute Gasteiger partial charge is 0.293 e. The zero-order valence-electron chi connectivity index (χ0n) is 7.53. The van der Waals surface area contributed by atoms with Crippen LogP contribution in [-0.4, -0.2) is 19.3 Å². The Kier molecular flexibility index (Phi) is 4.40. The predicted molar refractivity (Wildman–Crippen MR) is 53.9 cm³/mol. The van der Waals surface area contributed by atoms with Gasteiger partial charge in [-0.2, -0.15) is 0 Å². The van der Waals surface area contributed by atoms with Crippen LogP contribution in [0.15, 0.2) is 29.2 Å². The lowest BCUT2D eigenvalue weighted by Gasteiger charge is -2.01. The highest BCUT2D eigenvalue weighted by Gasteiger charge is 1.93. The Morgan fingerprint density at radius 3 is 2.62 bits per heavy atom. The van der Waals surface area contributed by atoms with Crippen LogP contribution in [0.4, 0.5) is 0 Å². The third-order valence-electron chi connectivity index (χ3n) is 1.74. The van der Waals surface area contributed by atoms with Crippen LogP contribution in [0.2, 0.25) is 0 Å². The molecular formula is C10H12O2S. The second kappa shape index (κ2) is 5.65. The summed E-state index contributed by atoms with van der Waals surface area (Å²) in [5.74, 6) is 0. The van der Waals surface area contributed by atoms with Crippen LogP contribution in [0, 0.1) is 0 Å². The Morgan fingerprint density at radius 2 is 2.08 bits per heavy atom. The van der Waals surface area contributed by atoms with E-state index in [1.165, 1.54) is 10.5 Å². The van der Waals surface area contributed by atoms with Gasteiger partial charge in [-0.25, -0.2) is 0 Å². The molecule has 0 aromatic heterocycles. The van der Waals surface area contributed by atoms with E-state index in [1.807, 2.05) is 6.26 Å². The van der Waals surface area contributed by atoms with E-state index < -0.39 is 0 Å². The standard InChI is InChI=1S/C10H12O2S/c1-13-10-4-2-9(3-5-10)6-7-12-8-11/h2-5,8H,6-7H2,1H3. The molecule has 0 saturated carbocycles. The van der Waals surface area contributed by atoms with Crippen molar-refractivity contribution in [2.45, 2.75) is 11.3 Å². The SMILES string of the molecule is CSc1ccc(CCOC=O)cc1. The van der Waals surface area contributed by atoms with Crippen LogP contribution >= 0.6 is 11.8 Å². The summed E-state index contributed by atoms with van der Waals surface area (Å²) < 4.78 is 4.61. The van der Waals surface area contributed by atoms with Crippen molar-refractivity contribution in [2.24, 2.45) is 0 Å². The van der Waals surface area contributed by atoms with Crippen LogP contribution in [-0.2, 0) is 16.0 Å². The topological polar surface area (TPSA) is 26.3 Å². The molecule has 1 rings (SSSR count). The Balaban J connectivity index is 2.44. The van der Waals surface area contributed by atoms with Crippen molar-refractivity contribution >= 4 is 18.2 Å². The summed E-state index contributed by atoms with van der Waals surface area (Å²) in [6.45, 7) is 0.943. The van der Waals surface area contributed by atoms with Crippen LogP contribution in [0.5, 0.6) is 0 Å². The van der Waals surface area contributed by atoms with Crippen molar-refractivity contribution in [1.29, 1.82) is 0 Å². The van der Waals surface area contributed by atoms with Crippen molar-refractivity contribution < 1.29 is 9.53 Å². The molecule has 0 N–H and O–H groups in total. The minimum atomic E-state index is 0.460. The molecule has 0 spiro atoms. The fourth-order valence-electron chi connectivity index (χ4n) is 1.02. The monoisotopic (exact) mass is 196 g/mol. The number of benzene rings is 1. The first kappa shape index (κ1) is 10.1. The maximum absolute atomic E-state index is 9.87. The van der Waals surface area contributed by atoms with Crippen molar-refractivity contribution in [1.82, 2.24) is 0 Å². The average molecular weight is 196 g/mol. The molecule has 0 aliphatic heterocycles. The number of hydrogen-bond donors (Lipinski definition) is 0. The van der Waals surface area contributed by atoms with Crippen molar-refractivity contribution in [2.75, 3.05) is 12.9 Å². The summed E-state index contributed by atoms with van der Waals surface area (Å²) in [4.78, 5) is 11.1. The molecule has 0 unspecified atom stereocenters. The van der Waals surface area contributed by atoms with Gasteiger partial charge in [-0.05, 0) is 24.0 Å². The maximum atomic E-state index is 9.87. The van der Waals surface area contributed by atoms with E-state index >= 15 is 0 Å². The third-order valence-corrected chi connectivity index (χ3v) is 2.48. The minimum absolute atomic E-state index is 0.460. The number of rotatable bonds is 5. The Bertz CT molecular complexity index is 256. The summed E-state index contributed by atoms with van der Waals surface area (Å²) >= 11 is 1.72. The van der Waals surface area contributed by atoms with Crippen molar-refractivity contribution in [3.8, 4) is 0 Å². The molecule has 1 aromatic rings. The van der Waals surface area contributed by atoms with Crippen molar-refractivity contribution in [3.05, 3.63) is 29.8 Å². The second-order valence-electron chi connectivity index (χ2n) is 2.57. The van der Waals surface area contributed by atoms with Gasteiger partial charge in [-0.3, -0.25) is 4.79 Å². The normalized spacial score (nSPS) is 9.62. The number of thioether (sulfide) groups is 1. The molecule has 0 radical (unpaired) electrons.